The van der Waals surface area contributed by atoms with Crippen molar-refractivity contribution in [3.63, 3.8) is 0 Å². The van der Waals surface area contributed by atoms with Gasteiger partial charge in [0.25, 0.3) is 11.8 Å². The summed E-state index contributed by atoms with van der Waals surface area (Å²) in [6.45, 7) is 6.73. The minimum absolute atomic E-state index is 0.0814. The number of likely N-dealkylation sites (tertiary alicyclic amines) is 1. The maximum absolute atomic E-state index is 13.6. The van der Waals surface area contributed by atoms with Gasteiger partial charge in [-0.2, -0.15) is 0 Å². The van der Waals surface area contributed by atoms with Gasteiger partial charge in [0.2, 0.25) is 0 Å². The number of allylic oxidation sites excluding steroid dienone is 1. The third-order valence-electron chi connectivity index (χ3n) is 7.13. The smallest absolute Gasteiger partial charge is 0.325 e. The van der Waals surface area contributed by atoms with Gasteiger partial charge in [-0.3, -0.25) is 24.3 Å². The van der Waals surface area contributed by atoms with E-state index in [2.05, 4.69) is 10.3 Å². The fraction of sp³-hybridized carbons (Fsp3) is 0.577. The minimum atomic E-state index is -0.955. The fourth-order valence-corrected chi connectivity index (χ4v) is 5.48. The van der Waals surface area contributed by atoms with Gasteiger partial charge in [-0.1, -0.05) is 19.4 Å². The van der Waals surface area contributed by atoms with Gasteiger partial charge in [0.15, 0.2) is 11.5 Å². The molecule has 1 N–H and O–H groups in total. The minimum Gasteiger partial charge on any atom is -0.481 e. The number of imide groups is 1. The number of rotatable bonds is 7. The molecule has 0 spiro atoms. The lowest BCUT2D eigenvalue weighted by Crippen LogP contribution is -2.56. The molecule has 0 unspecified atom stereocenters. The number of ether oxygens (including phenoxy) is 1. The zero-order valence-corrected chi connectivity index (χ0v) is 20.7. The molecule has 35 heavy (non-hydrogen) atoms. The lowest BCUT2D eigenvalue weighted by molar-refractivity contribution is -0.140. The number of aromatic nitrogens is 1. The van der Waals surface area contributed by atoms with Gasteiger partial charge >= 0.3 is 6.03 Å². The SMILES string of the molecule is CCC[C@@]1(C2CCN(C(=O)C3=CC(=O)CC(C)(C)O3)CC2)NC(=O)N(CCc2ccccn2)C1=O. The van der Waals surface area contributed by atoms with Crippen molar-refractivity contribution in [2.24, 2.45) is 5.92 Å². The van der Waals surface area contributed by atoms with E-state index in [0.29, 0.717) is 38.8 Å². The predicted octanol–water partition coefficient (Wildman–Crippen LogP) is 2.61. The lowest BCUT2D eigenvalue weighted by Gasteiger charge is -2.41. The molecule has 0 saturated carbocycles. The van der Waals surface area contributed by atoms with Crippen LogP contribution in [0.2, 0.25) is 0 Å². The number of nitrogens with one attached hydrogen (secondary N) is 1. The molecular weight excluding hydrogens is 448 g/mol. The Morgan fingerprint density at radius 3 is 2.57 bits per heavy atom. The number of piperidine rings is 1. The number of carbonyl (C=O) groups excluding carboxylic acids is 4. The molecule has 9 nitrogen and oxygen atoms in total. The van der Waals surface area contributed by atoms with Crippen LogP contribution >= 0.6 is 0 Å². The Balaban J connectivity index is 1.43. The van der Waals surface area contributed by atoms with Gasteiger partial charge in [0, 0.05) is 50.4 Å². The molecule has 188 valence electrons. The molecule has 2 saturated heterocycles. The van der Waals surface area contributed by atoms with E-state index in [4.69, 9.17) is 4.74 Å². The Hall–Kier alpha value is -3.23. The second-order valence-corrected chi connectivity index (χ2v) is 10.3. The van der Waals surface area contributed by atoms with E-state index in [1.165, 1.54) is 11.0 Å². The van der Waals surface area contributed by atoms with Crippen LogP contribution in [0.4, 0.5) is 4.79 Å². The summed E-state index contributed by atoms with van der Waals surface area (Å²) in [4.78, 5) is 58.8. The lowest BCUT2D eigenvalue weighted by atomic mass is 9.74. The molecule has 4 rings (SSSR count). The van der Waals surface area contributed by atoms with E-state index < -0.39 is 11.1 Å². The molecule has 0 radical (unpaired) electrons. The van der Waals surface area contributed by atoms with Crippen LogP contribution in [-0.4, -0.2) is 69.2 Å². The highest BCUT2D eigenvalue weighted by Gasteiger charge is 2.55. The Kier molecular flexibility index (Phi) is 6.96. The number of nitrogens with zero attached hydrogens (tertiary/aromatic N) is 3. The first-order chi connectivity index (χ1) is 16.6. The Labute approximate surface area is 205 Å². The van der Waals surface area contributed by atoms with Crippen molar-refractivity contribution in [2.45, 2.75) is 70.4 Å². The molecule has 3 aliphatic heterocycles. The van der Waals surface area contributed by atoms with Gasteiger partial charge in [-0.25, -0.2) is 4.79 Å². The summed E-state index contributed by atoms with van der Waals surface area (Å²) in [5.41, 5.74) is -0.836. The topological polar surface area (TPSA) is 109 Å². The molecule has 0 aliphatic carbocycles. The summed E-state index contributed by atoms with van der Waals surface area (Å²) in [7, 11) is 0. The van der Waals surface area contributed by atoms with Crippen molar-refractivity contribution in [3.05, 3.63) is 41.9 Å². The van der Waals surface area contributed by atoms with Crippen LogP contribution in [0.3, 0.4) is 0 Å². The Bertz CT molecular complexity index is 1030. The summed E-state index contributed by atoms with van der Waals surface area (Å²) in [5, 5.41) is 3.03. The van der Waals surface area contributed by atoms with Crippen LogP contribution < -0.4 is 5.32 Å². The van der Waals surface area contributed by atoms with Gasteiger partial charge in [0.1, 0.15) is 11.1 Å². The van der Waals surface area contributed by atoms with Crippen LogP contribution in [0.15, 0.2) is 36.2 Å². The largest absolute Gasteiger partial charge is 0.481 e. The second-order valence-electron chi connectivity index (χ2n) is 10.3. The highest BCUT2D eigenvalue weighted by molar-refractivity contribution is 6.07. The van der Waals surface area contributed by atoms with Crippen molar-refractivity contribution in [3.8, 4) is 0 Å². The first kappa shape index (κ1) is 24.9. The maximum Gasteiger partial charge on any atom is 0.325 e. The summed E-state index contributed by atoms with van der Waals surface area (Å²) in [5.74, 6) is -0.601. The molecule has 0 aromatic carbocycles. The van der Waals surface area contributed by atoms with Crippen LogP contribution in [0.1, 0.15) is 58.6 Å². The number of hydrogen-bond donors (Lipinski definition) is 1. The summed E-state index contributed by atoms with van der Waals surface area (Å²) < 4.78 is 5.78. The third kappa shape index (κ3) is 5.09. The predicted molar refractivity (Wildman–Crippen MR) is 128 cm³/mol. The standard InChI is InChI=1S/C26H34N4O5/c1-4-11-26(23(33)30(24(34)28-26)15-10-19-7-5-6-12-27-19)18-8-13-29(14-9-18)22(32)21-16-20(31)17-25(2,3)35-21/h5-7,12,16,18H,4,8-11,13-15,17H2,1-3H3,(H,28,34)/t26-/m0/s1. The zero-order chi connectivity index (χ0) is 25.2. The van der Waals surface area contributed by atoms with E-state index in [0.717, 1.165) is 12.1 Å². The van der Waals surface area contributed by atoms with Crippen LogP contribution in [0.25, 0.3) is 0 Å². The van der Waals surface area contributed by atoms with Gasteiger partial charge in [-0.05, 0) is 51.2 Å². The third-order valence-corrected chi connectivity index (χ3v) is 7.13. The van der Waals surface area contributed by atoms with E-state index in [1.54, 1.807) is 24.9 Å². The number of ketones is 1. The van der Waals surface area contributed by atoms with Gasteiger partial charge < -0.3 is 15.0 Å². The Morgan fingerprint density at radius 2 is 1.94 bits per heavy atom. The molecule has 0 bridgehead atoms. The summed E-state index contributed by atoms with van der Waals surface area (Å²) >= 11 is 0. The van der Waals surface area contributed by atoms with Gasteiger partial charge in [0.05, 0.1) is 0 Å². The van der Waals surface area contributed by atoms with E-state index in [-0.39, 0.29) is 48.3 Å². The molecule has 9 heteroatoms. The highest BCUT2D eigenvalue weighted by atomic mass is 16.5. The number of carbonyl (C=O) groups is 4. The zero-order valence-electron chi connectivity index (χ0n) is 20.7. The molecule has 4 amide bonds. The maximum atomic E-state index is 13.6. The molecule has 4 heterocycles. The molecule has 1 aromatic rings. The normalized spacial score (nSPS) is 24.8. The van der Waals surface area contributed by atoms with Crippen molar-refractivity contribution in [2.75, 3.05) is 19.6 Å². The summed E-state index contributed by atoms with van der Waals surface area (Å²) in [6.07, 6.45) is 6.18. The highest BCUT2D eigenvalue weighted by Crippen LogP contribution is 2.38. The number of urea groups is 1. The average molecular weight is 483 g/mol. The van der Waals surface area contributed by atoms with Gasteiger partial charge in [-0.15, -0.1) is 0 Å². The molecule has 2 fully saturated rings. The van der Waals surface area contributed by atoms with Crippen molar-refractivity contribution in [1.29, 1.82) is 0 Å². The van der Waals surface area contributed by atoms with E-state index in [9.17, 15) is 19.2 Å². The first-order valence-corrected chi connectivity index (χ1v) is 12.4. The number of amides is 4. The van der Waals surface area contributed by atoms with Crippen LogP contribution in [0.5, 0.6) is 0 Å². The molecular formula is C26H34N4O5. The first-order valence-electron chi connectivity index (χ1n) is 12.4. The Morgan fingerprint density at radius 1 is 1.20 bits per heavy atom. The van der Waals surface area contributed by atoms with Crippen LogP contribution in [0, 0.1) is 5.92 Å². The van der Waals surface area contributed by atoms with Crippen molar-refractivity contribution in [1.82, 2.24) is 20.1 Å². The van der Waals surface area contributed by atoms with Crippen LogP contribution in [-0.2, 0) is 25.5 Å². The van der Waals surface area contributed by atoms with E-state index in [1.807, 2.05) is 25.1 Å². The van der Waals surface area contributed by atoms with Crippen molar-refractivity contribution < 1.29 is 23.9 Å². The average Bonchev–Trinajstić information content (AvgIpc) is 3.06. The monoisotopic (exact) mass is 482 g/mol. The number of hydrogen-bond acceptors (Lipinski definition) is 6. The quantitative estimate of drug-likeness (QED) is 0.599. The molecule has 3 aliphatic rings. The molecule has 1 atom stereocenters. The fourth-order valence-electron chi connectivity index (χ4n) is 5.48. The van der Waals surface area contributed by atoms with Crippen molar-refractivity contribution >= 4 is 23.6 Å². The molecule has 1 aromatic heterocycles. The number of pyridine rings is 1. The summed E-state index contributed by atoms with van der Waals surface area (Å²) in [6, 6.07) is 5.23. The second kappa shape index (κ2) is 9.79. The van der Waals surface area contributed by atoms with E-state index >= 15 is 0 Å².